The van der Waals surface area contributed by atoms with Crippen molar-refractivity contribution in [1.82, 2.24) is 4.90 Å². The number of nitrogens with zero attached hydrogens (tertiary/aromatic N) is 1. The molecule has 0 aromatic heterocycles. The monoisotopic (exact) mass is 213 g/mol. The molecule has 1 aliphatic heterocycles. The number of imide groups is 1. The Morgan fingerprint density at radius 3 is 2.73 bits per heavy atom. The van der Waals surface area contributed by atoms with Crippen LogP contribution >= 0.6 is 0 Å². The van der Waals surface area contributed by atoms with Crippen LogP contribution in [-0.4, -0.2) is 40.8 Å². The van der Waals surface area contributed by atoms with Gasteiger partial charge in [-0.2, -0.15) is 0 Å². The number of aliphatic hydroxyl groups is 1. The lowest BCUT2D eigenvalue weighted by atomic mass is 9.83. The molecule has 3 atom stereocenters. The number of hydrogen-bond donors (Lipinski definition) is 1. The zero-order valence-electron chi connectivity index (χ0n) is 8.68. The number of amides is 2. The first-order valence-electron chi connectivity index (χ1n) is 5.26. The van der Waals surface area contributed by atoms with Gasteiger partial charge >= 0.3 is 6.09 Å². The van der Waals surface area contributed by atoms with Gasteiger partial charge in [0.2, 0.25) is 0 Å². The molecule has 1 heterocycles. The first-order chi connectivity index (χ1) is 7.09. The van der Waals surface area contributed by atoms with Crippen LogP contribution in [-0.2, 0) is 9.53 Å². The van der Waals surface area contributed by atoms with Crippen LogP contribution in [0.15, 0.2) is 0 Å². The number of aliphatic hydroxyl groups excluding tert-OH is 1. The lowest BCUT2D eigenvalue weighted by Crippen LogP contribution is -2.47. The van der Waals surface area contributed by atoms with Gasteiger partial charge in [-0.1, -0.05) is 6.92 Å². The molecule has 0 radical (unpaired) electrons. The Bertz CT molecular complexity index is 275. The quantitative estimate of drug-likeness (QED) is 0.689. The van der Waals surface area contributed by atoms with E-state index < -0.39 is 12.2 Å². The minimum absolute atomic E-state index is 0.155. The van der Waals surface area contributed by atoms with Crippen molar-refractivity contribution in [3.05, 3.63) is 0 Å². The molecule has 2 amide bonds. The van der Waals surface area contributed by atoms with Crippen LogP contribution in [0.2, 0.25) is 0 Å². The van der Waals surface area contributed by atoms with Gasteiger partial charge in [-0.25, -0.2) is 9.69 Å². The summed E-state index contributed by atoms with van der Waals surface area (Å²) in [4.78, 5) is 23.9. The minimum atomic E-state index is -0.564. The van der Waals surface area contributed by atoms with Gasteiger partial charge in [0, 0.05) is 6.04 Å². The van der Waals surface area contributed by atoms with E-state index in [9.17, 15) is 14.7 Å². The predicted molar refractivity (Wildman–Crippen MR) is 51.0 cm³/mol. The van der Waals surface area contributed by atoms with Gasteiger partial charge in [0.05, 0.1) is 6.10 Å². The molecular formula is C10H15NO4. The van der Waals surface area contributed by atoms with E-state index in [1.807, 2.05) is 6.92 Å². The molecule has 5 nitrogen and oxygen atoms in total. The Hall–Kier alpha value is -1.10. The standard InChI is InChI=1S/C10H15NO4/c1-6-2-3-7(12)4-8(6)11-9(13)5-15-10(11)14/h6-8,12H,2-5H2,1H3. The third kappa shape index (κ3) is 1.84. The number of carbonyl (C=O) groups is 2. The summed E-state index contributed by atoms with van der Waals surface area (Å²) in [6.07, 6.45) is 1.08. The van der Waals surface area contributed by atoms with E-state index in [1.54, 1.807) is 0 Å². The molecule has 15 heavy (non-hydrogen) atoms. The molecule has 5 heteroatoms. The first kappa shape index (κ1) is 10.4. The van der Waals surface area contributed by atoms with Gasteiger partial charge in [0.15, 0.2) is 6.61 Å². The fraction of sp³-hybridized carbons (Fsp3) is 0.800. The summed E-state index contributed by atoms with van der Waals surface area (Å²) in [6.45, 7) is 1.84. The minimum Gasteiger partial charge on any atom is -0.439 e. The number of carbonyl (C=O) groups excluding carboxylic acids is 2. The number of rotatable bonds is 1. The van der Waals surface area contributed by atoms with Gasteiger partial charge < -0.3 is 9.84 Å². The molecule has 0 aromatic carbocycles. The average Bonchev–Trinajstić information content (AvgIpc) is 2.51. The average molecular weight is 213 g/mol. The molecule has 3 unspecified atom stereocenters. The van der Waals surface area contributed by atoms with Crippen molar-refractivity contribution in [1.29, 1.82) is 0 Å². The molecule has 2 rings (SSSR count). The van der Waals surface area contributed by atoms with Crippen molar-refractivity contribution in [3.63, 3.8) is 0 Å². The Kier molecular flexibility index (Phi) is 2.65. The normalized spacial score (nSPS) is 36.9. The summed E-state index contributed by atoms with van der Waals surface area (Å²) in [7, 11) is 0. The van der Waals surface area contributed by atoms with Crippen molar-refractivity contribution in [2.24, 2.45) is 5.92 Å². The molecule has 84 valence electrons. The summed E-state index contributed by atoms with van der Waals surface area (Å²) >= 11 is 0. The highest BCUT2D eigenvalue weighted by molar-refractivity contribution is 5.98. The molecule has 1 N–H and O–H groups in total. The fourth-order valence-corrected chi connectivity index (χ4v) is 2.32. The smallest absolute Gasteiger partial charge is 0.417 e. The molecule has 0 aromatic rings. The third-order valence-electron chi connectivity index (χ3n) is 3.24. The van der Waals surface area contributed by atoms with Gasteiger partial charge in [0.25, 0.3) is 5.91 Å². The molecular weight excluding hydrogens is 198 g/mol. The maximum atomic E-state index is 11.4. The predicted octanol–water partition coefficient (Wildman–Crippen LogP) is 0.515. The second-order valence-corrected chi connectivity index (χ2v) is 4.33. The topological polar surface area (TPSA) is 66.8 Å². The first-order valence-corrected chi connectivity index (χ1v) is 5.26. The fourth-order valence-electron chi connectivity index (χ4n) is 2.32. The molecule has 1 saturated carbocycles. The van der Waals surface area contributed by atoms with E-state index in [2.05, 4.69) is 4.74 Å². The second kappa shape index (κ2) is 3.81. The number of ether oxygens (including phenoxy) is 1. The van der Waals surface area contributed by atoms with Gasteiger partial charge in [-0.05, 0) is 25.2 Å². The Morgan fingerprint density at radius 2 is 2.13 bits per heavy atom. The van der Waals surface area contributed by atoms with Gasteiger partial charge in [0.1, 0.15) is 0 Å². The molecule has 2 aliphatic rings. The van der Waals surface area contributed by atoms with Gasteiger partial charge in [-0.3, -0.25) is 4.79 Å². The van der Waals surface area contributed by atoms with Crippen molar-refractivity contribution < 1.29 is 19.4 Å². The Morgan fingerprint density at radius 1 is 1.40 bits per heavy atom. The molecule has 0 bridgehead atoms. The summed E-state index contributed by atoms with van der Waals surface area (Å²) in [5.41, 5.74) is 0. The second-order valence-electron chi connectivity index (χ2n) is 4.33. The summed E-state index contributed by atoms with van der Waals surface area (Å²) in [5.74, 6) is -0.0473. The van der Waals surface area contributed by atoms with Crippen molar-refractivity contribution in [2.75, 3.05) is 6.61 Å². The van der Waals surface area contributed by atoms with Crippen LogP contribution in [0.1, 0.15) is 26.2 Å². The van der Waals surface area contributed by atoms with E-state index in [4.69, 9.17) is 0 Å². The van der Waals surface area contributed by atoms with Crippen molar-refractivity contribution >= 4 is 12.0 Å². The van der Waals surface area contributed by atoms with Crippen LogP contribution in [0.25, 0.3) is 0 Å². The Labute approximate surface area is 88.0 Å². The summed E-state index contributed by atoms with van der Waals surface area (Å²) in [5, 5.41) is 9.54. The van der Waals surface area contributed by atoms with Crippen LogP contribution in [0, 0.1) is 5.92 Å². The number of hydrogen-bond acceptors (Lipinski definition) is 4. The van der Waals surface area contributed by atoms with Crippen molar-refractivity contribution in [2.45, 2.75) is 38.3 Å². The lowest BCUT2D eigenvalue weighted by Gasteiger charge is -2.35. The zero-order valence-corrected chi connectivity index (χ0v) is 8.68. The van der Waals surface area contributed by atoms with Gasteiger partial charge in [-0.15, -0.1) is 0 Å². The SMILES string of the molecule is CC1CCC(O)CC1N1C(=O)COC1=O. The van der Waals surface area contributed by atoms with Crippen LogP contribution < -0.4 is 0 Å². The van der Waals surface area contributed by atoms with E-state index in [-0.39, 0.29) is 24.5 Å². The molecule has 2 fully saturated rings. The molecule has 1 saturated heterocycles. The lowest BCUT2D eigenvalue weighted by molar-refractivity contribution is -0.129. The maximum Gasteiger partial charge on any atom is 0.417 e. The summed E-state index contributed by atoms with van der Waals surface area (Å²) < 4.78 is 4.67. The largest absolute Gasteiger partial charge is 0.439 e. The zero-order chi connectivity index (χ0) is 11.0. The number of cyclic esters (lactones) is 1. The van der Waals surface area contributed by atoms with E-state index >= 15 is 0 Å². The molecule has 0 spiro atoms. The van der Waals surface area contributed by atoms with E-state index in [1.165, 1.54) is 4.90 Å². The third-order valence-corrected chi connectivity index (χ3v) is 3.24. The van der Waals surface area contributed by atoms with Crippen molar-refractivity contribution in [3.8, 4) is 0 Å². The van der Waals surface area contributed by atoms with Crippen LogP contribution in [0.4, 0.5) is 4.79 Å². The van der Waals surface area contributed by atoms with Crippen LogP contribution in [0.3, 0.4) is 0 Å². The highest BCUT2D eigenvalue weighted by atomic mass is 16.6. The summed E-state index contributed by atoms with van der Waals surface area (Å²) in [6, 6.07) is -0.198. The van der Waals surface area contributed by atoms with E-state index in [0.717, 1.165) is 12.8 Å². The Balaban J connectivity index is 2.13. The van der Waals surface area contributed by atoms with E-state index in [0.29, 0.717) is 6.42 Å². The van der Waals surface area contributed by atoms with Crippen LogP contribution in [0.5, 0.6) is 0 Å². The maximum absolute atomic E-state index is 11.4. The highest BCUT2D eigenvalue weighted by Gasteiger charge is 2.41. The highest BCUT2D eigenvalue weighted by Crippen LogP contribution is 2.30. The molecule has 1 aliphatic carbocycles.